The molecule has 4 aliphatic rings. The molecule has 16 heteroatoms. The fraction of sp³-hybridized carbons (Fsp3) is 0.465. The summed E-state index contributed by atoms with van der Waals surface area (Å²) in [5.41, 5.74) is 4.79. The fourth-order valence-electron chi connectivity index (χ4n) is 9.03. The predicted octanol–water partition coefficient (Wildman–Crippen LogP) is 5.94. The van der Waals surface area contributed by atoms with Crippen molar-refractivity contribution < 1.29 is 33.1 Å². The molecule has 1 unspecified atom stereocenters. The van der Waals surface area contributed by atoms with E-state index < -0.39 is 39.7 Å². The number of ether oxygens (including phenoxy) is 3. The molecule has 1 N–H and O–H groups in total. The lowest BCUT2D eigenvalue weighted by Crippen LogP contribution is -2.49. The molecular weight excluding hydrogens is 794 g/mol. The second kappa shape index (κ2) is 16.7. The SMILES string of the molecule is COc1nn(C)cc1C(=O)N=CS1(=O)=NC(=O)c2ccc3c(c2)N(C[C@@H]2CC[C@H]2[C@@H](O)/C=C/[C@H](OCc2cn(C)cn2)[C@H](C)C1)C[C@@]1(CCCc2cc(Cl)ccc21)CO3. The van der Waals surface area contributed by atoms with E-state index in [1.165, 1.54) is 29.1 Å². The molecule has 14 nitrogen and oxygen atoms in total. The molecule has 0 radical (unpaired) electrons. The molecule has 59 heavy (non-hydrogen) atoms. The topological polar surface area (TPSA) is 163 Å². The maximum Gasteiger partial charge on any atom is 0.285 e. The van der Waals surface area contributed by atoms with Gasteiger partial charge in [0.25, 0.3) is 11.8 Å². The van der Waals surface area contributed by atoms with Gasteiger partial charge in [-0.05, 0) is 91.3 Å². The molecule has 4 aromatic rings. The first-order valence-electron chi connectivity index (χ1n) is 20.0. The molecule has 2 aromatic carbocycles. The number of carbonyl (C=O) groups excluding carboxylic acids is 2. The Morgan fingerprint density at radius 1 is 1.17 bits per heavy atom. The number of aliphatic hydroxyl groups is 1. The van der Waals surface area contributed by atoms with E-state index >= 15 is 0 Å². The van der Waals surface area contributed by atoms with Gasteiger partial charge in [0.15, 0.2) is 0 Å². The molecule has 0 saturated heterocycles. The Morgan fingerprint density at radius 2 is 2.02 bits per heavy atom. The van der Waals surface area contributed by atoms with E-state index in [1.54, 1.807) is 37.7 Å². The van der Waals surface area contributed by atoms with Crippen LogP contribution in [-0.2, 0) is 47.0 Å². The first kappa shape index (κ1) is 40.9. The van der Waals surface area contributed by atoms with Crippen molar-refractivity contribution in [2.75, 3.05) is 37.5 Å². The highest BCUT2D eigenvalue weighted by atomic mass is 35.5. The molecule has 2 aliphatic heterocycles. The van der Waals surface area contributed by atoms with Gasteiger partial charge in [-0.25, -0.2) is 14.2 Å². The van der Waals surface area contributed by atoms with E-state index in [9.17, 15) is 18.9 Å². The minimum Gasteiger partial charge on any atom is -0.490 e. The van der Waals surface area contributed by atoms with Gasteiger partial charge in [0.05, 0.1) is 60.0 Å². The van der Waals surface area contributed by atoms with Crippen molar-refractivity contribution in [2.24, 2.45) is 41.2 Å². The molecule has 2 bridgehead atoms. The number of hydrogen-bond acceptors (Lipinski definition) is 10. The van der Waals surface area contributed by atoms with Gasteiger partial charge in [-0.15, -0.1) is 5.10 Å². The van der Waals surface area contributed by atoms with Gasteiger partial charge in [-0.3, -0.25) is 14.3 Å². The Hall–Kier alpha value is -4.83. The van der Waals surface area contributed by atoms with Crippen LogP contribution < -0.4 is 14.4 Å². The van der Waals surface area contributed by atoms with E-state index in [2.05, 4.69) is 36.5 Å². The van der Waals surface area contributed by atoms with E-state index in [0.717, 1.165) is 43.3 Å². The third kappa shape index (κ3) is 8.61. The van der Waals surface area contributed by atoms with Crippen molar-refractivity contribution in [3.63, 3.8) is 0 Å². The minimum absolute atomic E-state index is 0.0152. The molecule has 2 aliphatic carbocycles. The quantitative estimate of drug-likeness (QED) is 0.140. The fourth-order valence-corrected chi connectivity index (χ4v) is 11.0. The van der Waals surface area contributed by atoms with Crippen LogP contribution in [0.2, 0.25) is 5.02 Å². The van der Waals surface area contributed by atoms with Crippen molar-refractivity contribution in [1.29, 1.82) is 0 Å². The Labute approximate surface area is 349 Å². The Morgan fingerprint density at radius 3 is 2.78 bits per heavy atom. The van der Waals surface area contributed by atoms with Crippen molar-refractivity contribution in [2.45, 2.75) is 63.3 Å². The van der Waals surface area contributed by atoms with Gasteiger partial charge < -0.3 is 28.8 Å². The minimum atomic E-state index is -3.67. The number of halogens is 1. The second-order valence-electron chi connectivity index (χ2n) is 16.5. The number of benzene rings is 2. The molecule has 1 spiro atoms. The van der Waals surface area contributed by atoms with Crippen molar-refractivity contribution >= 4 is 44.4 Å². The third-order valence-corrected chi connectivity index (χ3v) is 14.3. The molecule has 1 fully saturated rings. The largest absolute Gasteiger partial charge is 0.490 e. The zero-order valence-corrected chi connectivity index (χ0v) is 35.3. The average molecular weight is 844 g/mol. The Kier molecular flexibility index (Phi) is 11.6. The maximum atomic E-state index is 15.0. The highest BCUT2D eigenvalue weighted by Gasteiger charge is 2.44. The molecule has 2 amide bonds. The number of aliphatic imine (C=N–C) groups is 1. The maximum absolute atomic E-state index is 15.0. The second-order valence-corrected chi connectivity index (χ2v) is 19.0. The van der Waals surface area contributed by atoms with Crippen LogP contribution in [0.15, 0.2) is 76.6 Å². The normalized spacial score (nSPS) is 28.8. The van der Waals surface area contributed by atoms with Gasteiger partial charge in [0, 0.05) is 61.3 Å². The number of imidazole rings is 1. The van der Waals surface area contributed by atoms with Gasteiger partial charge in [0.1, 0.15) is 16.9 Å². The third-order valence-electron chi connectivity index (χ3n) is 12.2. The molecular formula is C43H50ClN7O7S. The van der Waals surface area contributed by atoms with Crippen LogP contribution >= 0.6 is 11.6 Å². The van der Waals surface area contributed by atoms with E-state index in [0.29, 0.717) is 36.2 Å². The van der Waals surface area contributed by atoms with Gasteiger partial charge >= 0.3 is 0 Å². The molecule has 8 rings (SSSR count). The van der Waals surface area contributed by atoms with Gasteiger partial charge in [-0.1, -0.05) is 36.7 Å². The number of carbonyl (C=O) groups is 2. The summed E-state index contributed by atoms with van der Waals surface area (Å²) >= 11 is 6.47. The van der Waals surface area contributed by atoms with E-state index in [1.807, 2.05) is 36.9 Å². The highest BCUT2D eigenvalue weighted by molar-refractivity contribution is 8.06. The zero-order valence-electron chi connectivity index (χ0n) is 33.7. The van der Waals surface area contributed by atoms with E-state index in [4.69, 9.17) is 25.8 Å². The number of methoxy groups -OCH3 is 1. The number of aromatic nitrogens is 4. The summed E-state index contributed by atoms with van der Waals surface area (Å²) < 4.78 is 40.9. The molecule has 7 atom stereocenters. The molecule has 4 heterocycles. The number of rotatable bonds is 6. The summed E-state index contributed by atoms with van der Waals surface area (Å²) in [5.74, 6) is -1.33. The first-order valence-corrected chi connectivity index (χ1v) is 22.2. The van der Waals surface area contributed by atoms with Crippen LogP contribution in [0, 0.1) is 17.8 Å². The van der Waals surface area contributed by atoms with Crippen LogP contribution in [0.4, 0.5) is 5.69 Å². The zero-order chi connectivity index (χ0) is 41.5. The smallest absolute Gasteiger partial charge is 0.285 e. The van der Waals surface area contributed by atoms with Crippen molar-refractivity contribution in [3.05, 3.63) is 100 Å². The average Bonchev–Trinajstić information content (AvgIpc) is 3.76. The molecule has 312 valence electrons. The Balaban J connectivity index is 1.20. The van der Waals surface area contributed by atoms with Gasteiger partial charge in [-0.2, -0.15) is 4.36 Å². The van der Waals surface area contributed by atoms with Crippen LogP contribution in [0.3, 0.4) is 0 Å². The lowest BCUT2D eigenvalue weighted by atomic mass is 9.68. The highest BCUT2D eigenvalue weighted by Crippen LogP contribution is 2.47. The number of aryl methyl sites for hydroxylation is 3. The number of amides is 2. The summed E-state index contributed by atoms with van der Waals surface area (Å²) in [6.07, 6.45) is 11.8. The standard InChI is InChI=1S/C43H50ClN7O7S/c1-27-22-59(55,26-46-41(54)34-20-50(3)47-42(34)56-4)48-40(53)29-8-13-39-36(17-29)51(23-43(24-58-39)15-5-6-28-16-31(44)9-11-35(28)43)18-30-7-10-33(30)37(52)12-14-38(27)57-21-32-19-49(2)25-45-32/h8-9,11-14,16-17,19-20,25-27,30,33,37-38,52H,5-7,10,15,18,21-24H2,1-4H3/b14-12+,46-26?/t27-,30+,33-,37+,38+,43+,59?/m1/s1. The monoisotopic (exact) mass is 843 g/mol. The number of aliphatic hydroxyl groups excluding tert-OH is 1. The summed E-state index contributed by atoms with van der Waals surface area (Å²) in [5, 5.41) is 16.6. The molecule has 2 aromatic heterocycles. The molecule has 1 saturated carbocycles. The number of nitrogens with zero attached hydrogens (tertiary/aromatic N) is 7. The lowest BCUT2D eigenvalue weighted by Gasteiger charge is -2.45. The van der Waals surface area contributed by atoms with Crippen molar-refractivity contribution in [1.82, 2.24) is 19.3 Å². The lowest BCUT2D eigenvalue weighted by molar-refractivity contribution is 0.0332. The van der Waals surface area contributed by atoms with E-state index in [-0.39, 0.29) is 46.6 Å². The van der Waals surface area contributed by atoms with Crippen LogP contribution in [-0.4, -0.2) is 90.8 Å². The van der Waals surface area contributed by atoms with Gasteiger partial charge in [0.2, 0.25) is 5.88 Å². The number of fused-ring (bicyclic) bond motifs is 4. The first-order chi connectivity index (χ1) is 28.3. The summed E-state index contributed by atoms with van der Waals surface area (Å²) in [7, 11) is 1.22. The van der Waals surface area contributed by atoms with Crippen LogP contribution in [0.5, 0.6) is 11.6 Å². The summed E-state index contributed by atoms with van der Waals surface area (Å²) in [6.45, 7) is 3.68. The van der Waals surface area contributed by atoms with Crippen molar-refractivity contribution in [3.8, 4) is 11.6 Å². The van der Waals surface area contributed by atoms with Crippen LogP contribution in [0.1, 0.15) is 70.1 Å². The summed E-state index contributed by atoms with van der Waals surface area (Å²) in [6, 6.07) is 11.3. The summed E-state index contributed by atoms with van der Waals surface area (Å²) in [4.78, 5) is 38.4. The Bertz CT molecular complexity index is 2440. The predicted molar refractivity (Wildman–Crippen MR) is 225 cm³/mol. The van der Waals surface area contributed by atoms with Crippen LogP contribution in [0.25, 0.3) is 0 Å². The number of hydrogen-bond donors (Lipinski definition) is 1. The number of anilines is 1.